The predicted molar refractivity (Wildman–Crippen MR) is 125 cm³/mol. The van der Waals surface area contributed by atoms with Crippen molar-refractivity contribution in [2.75, 3.05) is 25.2 Å². The molecule has 0 saturated carbocycles. The first kappa shape index (κ1) is 19.7. The number of ether oxygens (including phenoxy) is 2. The third-order valence-corrected chi connectivity index (χ3v) is 5.80. The van der Waals surface area contributed by atoms with Crippen LogP contribution in [0.3, 0.4) is 0 Å². The molecule has 1 amide bonds. The molecule has 3 aromatic rings. The van der Waals surface area contributed by atoms with Crippen LogP contribution in [-0.2, 0) is 16.5 Å². The van der Waals surface area contributed by atoms with Gasteiger partial charge in [-0.25, -0.2) is 9.78 Å². The molecule has 34 heavy (non-hydrogen) atoms. The van der Waals surface area contributed by atoms with Crippen LogP contribution < -0.4 is 10.5 Å². The Morgan fingerprint density at radius 3 is 2.59 bits per heavy atom. The highest BCUT2D eigenvalue weighted by atomic mass is 16.5. The topological polar surface area (TPSA) is 104 Å². The summed E-state index contributed by atoms with van der Waals surface area (Å²) in [4.78, 5) is 44.7. The Hall–Kier alpha value is -3.72. The van der Waals surface area contributed by atoms with Crippen molar-refractivity contribution in [3.8, 4) is 11.1 Å². The molecule has 1 aliphatic rings. The van der Waals surface area contributed by atoms with Gasteiger partial charge in [-0.15, -0.1) is 0 Å². The number of methoxy groups -OCH3 is 1. The van der Waals surface area contributed by atoms with Crippen molar-refractivity contribution in [3.63, 3.8) is 0 Å². The summed E-state index contributed by atoms with van der Waals surface area (Å²) in [6.07, 6.45) is 0.0947. The van der Waals surface area contributed by atoms with E-state index in [1.165, 1.54) is 11.9 Å². The first-order valence-electron chi connectivity index (χ1n) is 12.4. The van der Waals surface area contributed by atoms with Crippen molar-refractivity contribution in [1.29, 1.82) is 0 Å². The molecule has 0 N–H and O–H groups in total. The zero-order valence-corrected chi connectivity index (χ0v) is 19.4. The minimum Gasteiger partial charge on any atom is -0.461 e. The highest BCUT2D eigenvalue weighted by Gasteiger charge is 2.41. The molecule has 0 radical (unpaired) electrons. The van der Waals surface area contributed by atoms with Crippen LogP contribution in [0.25, 0.3) is 11.1 Å². The average Bonchev–Trinajstić information content (AvgIpc) is 3.24. The summed E-state index contributed by atoms with van der Waals surface area (Å²) in [6, 6.07) is 7.66. The van der Waals surface area contributed by atoms with Crippen LogP contribution in [0, 0.1) is 13.8 Å². The van der Waals surface area contributed by atoms with Crippen LogP contribution in [0.2, 0.25) is 0 Å². The molecule has 9 heteroatoms. The molecule has 0 bridgehead atoms. The summed E-state index contributed by atoms with van der Waals surface area (Å²) in [7, 11) is -1.08. The summed E-state index contributed by atoms with van der Waals surface area (Å²) in [5.41, 5.74) is 2.38. The standard InChI is InChI=1S/C25H27N3O6/c1-6-33-25(31)22-21-18(13-14(2)26-22)23(29)28(19(21)11-12-32-5)17-9-7-16(8-10-17)20-15(3)34-27(4)24(20)30/h7-10,13,19H,6,11-12H2,1-5H3/i5D3. The molecular weight excluding hydrogens is 438 g/mol. The highest BCUT2D eigenvalue weighted by Crippen LogP contribution is 2.41. The Morgan fingerprint density at radius 2 is 1.97 bits per heavy atom. The number of hydrogen-bond acceptors (Lipinski definition) is 7. The summed E-state index contributed by atoms with van der Waals surface area (Å²) < 4.78 is 38.7. The number of carbonyl (C=O) groups is 2. The fraction of sp³-hybridized carbons (Fsp3) is 0.360. The van der Waals surface area contributed by atoms with E-state index in [0.29, 0.717) is 33.8 Å². The number of aromatic nitrogens is 2. The van der Waals surface area contributed by atoms with Gasteiger partial charge in [0.25, 0.3) is 11.5 Å². The SMILES string of the molecule is [2H]C([2H])([2H])OCCC1c2c(cc(C)nc2C(=O)OCC)C(=O)N1c1ccc(-c2c(C)on(C)c2=O)cc1. The van der Waals surface area contributed by atoms with Crippen LogP contribution in [0.15, 0.2) is 39.6 Å². The minimum absolute atomic E-state index is 0.0146. The van der Waals surface area contributed by atoms with Gasteiger partial charge in [-0.1, -0.05) is 12.1 Å². The van der Waals surface area contributed by atoms with Gasteiger partial charge in [0.1, 0.15) is 5.76 Å². The molecular formula is C25H27N3O6. The number of aryl methyl sites for hydroxylation is 3. The second-order valence-corrected chi connectivity index (χ2v) is 7.99. The van der Waals surface area contributed by atoms with Crippen LogP contribution in [0.1, 0.15) is 61.4 Å². The second kappa shape index (κ2) is 9.26. The molecule has 0 fully saturated rings. The van der Waals surface area contributed by atoms with E-state index >= 15 is 0 Å². The molecule has 0 aliphatic carbocycles. The lowest BCUT2D eigenvalue weighted by Gasteiger charge is -2.26. The zero-order chi connectivity index (χ0) is 27.1. The van der Waals surface area contributed by atoms with E-state index in [9.17, 15) is 14.4 Å². The Bertz CT molecular complexity index is 1410. The third-order valence-electron chi connectivity index (χ3n) is 5.80. The molecule has 3 heterocycles. The molecule has 1 aromatic carbocycles. The number of esters is 1. The van der Waals surface area contributed by atoms with Crippen molar-refractivity contribution < 1.29 is 27.7 Å². The molecule has 4 rings (SSSR count). The average molecular weight is 469 g/mol. The fourth-order valence-electron chi connectivity index (χ4n) is 4.41. The van der Waals surface area contributed by atoms with Gasteiger partial charge < -0.3 is 18.9 Å². The predicted octanol–water partition coefficient (Wildman–Crippen LogP) is 3.57. The Morgan fingerprint density at radius 1 is 1.24 bits per heavy atom. The lowest BCUT2D eigenvalue weighted by atomic mass is 9.99. The molecule has 0 spiro atoms. The Labute approximate surface area is 201 Å². The number of rotatable bonds is 7. The van der Waals surface area contributed by atoms with Crippen LogP contribution in [-0.4, -0.2) is 41.9 Å². The minimum atomic E-state index is -2.61. The molecule has 2 aromatic heterocycles. The maximum absolute atomic E-state index is 13.6. The maximum Gasteiger partial charge on any atom is 0.357 e. The van der Waals surface area contributed by atoms with E-state index in [2.05, 4.69) is 4.98 Å². The van der Waals surface area contributed by atoms with Crippen molar-refractivity contribution in [2.24, 2.45) is 7.05 Å². The largest absolute Gasteiger partial charge is 0.461 e. The van der Waals surface area contributed by atoms with E-state index in [-0.39, 0.29) is 42.4 Å². The van der Waals surface area contributed by atoms with Gasteiger partial charge in [0, 0.05) is 43.2 Å². The van der Waals surface area contributed by atoms with Gasteiger partial charge in [-0.05, 0) is 51.0 Å². The second-order valence-electron chi connectivity index (χ2n) is 7.99. The summed E-state index contributed by atoms with van der Waals surface area (Å²) in [5.74, 6) is -0.571. The van der Waals surface area contributed by atoms with Crippen LogP contribution in [0.4, 0.5) is 5.69 Å². The van der Waals surface area contributed by atoms with Gasteiger partial charge in [0.2, 0.25) is 0 Å². The van der Waals surface area contributed by atoms with E-state index in [4.69, 9.17) is 18.1 Å². The van der Waals surface area contributed by atoms with E-state index in [1.807, 2.05) is 0 Å². The van der Waals surface area contributed by atoms with Crippen LogP contribution >= 0.6 is 0 Å². The number of anilines is 1. The lowest BCUT2D eigenvalue weighted by molar-refractivity contribution is 0.0516. The molecule has 0 saturated heterocycles. The molecule has 1 aliphatic heterocycles. The first-order chi connectivity index (χ1) is 17.4. The maximum atomic E-state index is 13.6. The quantitative estimate of drug-likeness (QED) is 0.488. The number of fused-ring (bicyclic) bond motifs is 1. The number of hydrogen-bond donors (Lipinski definition) is 0. The number of amides is 1. The normalized spacial score (nSPS) is 16.7. The number of nitrogens with zero attached hydrogens (tertiary/aromatic N) is 3. The smallest absolute Gasteiger partial charge is 0.357 e. The van der Waals surface area contributed by atoms with Crippen molar-refractivity contribution in [2.45, 2.75) is 33.2 Å². The molecule has 9 nitrogen and oxygen atoms in total. The first-order valence-corrected chi connectivity index (χ1v) is 10.9. The van der Waals surface area contributed by atoms with E-state index in [0.717, 1.165) is 4.74 Å². The summed E-state index contributed by atoms with van der Waals surface area (Å²) in [6.45, 7) is 4.97. The third kappa shape index (κ3) is 3.92. The summed E-state index contributed by atoms with van der Waals surface area (Å²) >= 11 is 0. The van der Waals surface area contributed by atoms with Gasteiger partial charge >= 0.3 is 5.97 Å². The van der Waals surface area contributed by atoms with Crippen molar-refractivity contribution in [1.82, 2.24) is 9.72 Å². The van der Waals surface area contributed by atoms with Gasteiger partial charge in [0.05, 0.1) is 22.3 Å². The van der Waals surface area contributed by atoms with Gasteiger partial charge in [-0.2, -0.15) is 4.74 Å². The molecule has 1 atom stereocenters. The number of carbonyl (C=O) groups excluding carboxylic acids is 2. The highest BCUT2D eigenvalue weighted by molar-refractivity contribution is 6.13. The van der Waals surface area contributed by atoms with E-state index in [1.54, 1.807) is 51.1 Å². The number of benzene rings is 1. The number of pyridine rings is 1. The Kier molecular flexibility index (Phi) is 5.37. The van der Waals surface area contributed by atoms with Gasteiger partial charge in [-0.3, -0.25) is 9.59 Å². The molecule has 1 unspecified atom stereocenters. The fourth-order valence-corrected chi connectivity index (χ4v) is 4.41. The monoisotopic (exact) mass is 468 g/mol. The van der Waals surface area contributed by atoms with E-state index < -0.39 is 19.0 Å². The van der Waals surface area contributed by atoms with Crippen molar-refractivity contribution in [3.05, 3.63) is 69.0 Å². The molecule has 178 valence electrons. The van der Waals surface area contributed by atoms with Gasteiger partial charge in [0.15, 0.2) is 5.69 Å². The van der Waals surface area contributed by atoms with Crippen molar-refractivity contribution >= 4 is 17.6 Å². The zero-order valence-electron chi connectivity index (χ0n) is 22.4. The summed E-state index contributed by atoms with van der Waals surface area (Å²) in [5, 5.41) is 0. The Balaban J connectivity index is 1.78. The lowest BCUT2D eigenvalue weighted by Crippen LogP contribution is -2.29. The van der Waals surface area contributed by atoms with Crippen LogP contribution in [0.5, 0.6) is 0 Å².